The first-order valence-corrected chi connectivity index (χ1v) is 7.38. The summed E-state index contributed by atoms with van der Waals surface area (Å²) in [6.07, 6.45) is 1.31. The zero-order chi connectivity index (χ0) is 13.1. The van der Waals surface area contributed by atoms with Crippen LogP contribution in [0.3, 0.4) is 0 Å². The van der Waals surface area contributed by atoms with Crippen molar-refractivity contribution in [3.63, 3.8) is 0 Å². The Morgan fingerprint density at radius 1 is 1.33 bits per heavy atom. The molecule has 2 N–H and O–H groups in total. The molecule has 4 nitrogen and oxygen atoms in total. The summed E-state index contributed by atoms with van der Waals surface area (Å²) in [5.41, 5.74) is 0.728. The van der Waals surface area contributed by atoms with Gasteiger partial charge in [0.05, 0.1) is 0 Å². The van der Waals surface area contributed by atoms with Crippen LogP contribution in [-0.2, 0) is 4.79 Å². The Bertz CT molecular complexity index is 603. The second-order valence-electron chi connectivity index (χ2n) is 3.97. The van der Waals surface area contributed by atoms with Crippen molar-refractivity contribution < 1.29 is 14.7 Å². The summed E-state index contributed by atoms with van der Waals surface area (Å²) in [5.74, 6) is -0.869. The van der Waals surface area contributed by atoms with Crippen molar-refractivity contribution in [3.05, 3.63) is 28.7 Å². The van der Waals surface area contributed by atoms with Crippen LogP contribution in [0.5, 0.6) is 0 Å². The van der Waals surface area contributed by atoms with Crippen LogP contribution in [0.1, 0.15) is 29.0 Å². The quantitative estimate of drug-likeness (QED) is 0.852. The van der Waals surface area contributed by atoms with E-state index in [0.29, 0.717) is 10.9 Å². The molecule has 1 heterocycles. The molecule has 0 saturated heterocycles. The van der Waals surface area contributed by atoms with E-state index in [-0.39, 0.29) is 20.4 Å². The van der Waals surface area contributed by atoms with Crippen molar-refractivity contribution in [1.82, 2.24) is 0 Å². The second kappa shape index (κ2) is 5.38. The van der Waals surface area contributed by atoms with Gasteiger partial charge >= 0.3 is 110 Å². The summed E-state index contributed by atoms with van der Waals surface area (Å²) < 4.78 is 1.50. The molecule has 0 saturated carbocycles. The number of rotatable bonds is 4. The molecule has 1 aromatic carbocycles. The molecule has 1 aromatic heterocycles. The van der Waals surface area contributed by atoms with E-state index in [0.717, 1.165) is 21.8 Å². The predicted octanol–water partition coefficient (Wildman–Crippen LogP) is 2.33. The van der Waals surface area contributed by atoms with E-state index in [9.17, 15) is 9.59 Å². The standard InChI is InChI=1S/C13H13NO3Se/c1-2-3-12(15)14-9-4-5-10-8(6-9)7-11(18-10)13(16)17/h4-7H,2-3H2,1H3,(H,14,15)(H,16,17). The Hall–Kier alpha value is -1.58. The van der Waals surface area contributed by atoms with Crippen molar-refractivity contribution in [2.75, 3.05) is 5.32 Å². The van der Waals surface area contributed by atoms with Gasteiger partial charge in [-0.05, 0) is 0 Å². The average Bonchev–Trinajstić information content (AvgIpc) is 2.72. The zero-order valence-electron chi connectivity index (χ0n) is 9.90. The number of nitrogens with one attached hydrogen (secondary N) is 1. The van der Waals surface area contributed by atoms with Gasteiger partial charge in [-0.2, -0.15) is 0 Å². The van der Waals surface area contributed by atoms with Crippen LogP contribution in [0.2, 0.25) is 0 Å². The van der Waals surface area contributed by atoms with Crippen molar-refractivity contribution in [3.8, 4) is 0 Å². The summed E-state index contributed by atoms with van der Waals surface area (Å²) in [5, 5.41) is 12.7. The minimum atomic E-state index is -0.859. The third-order valence-corrected chi connectivity index (χ3v) is 4.80. The third-order valence-electron chi connectivity index (χ3n) is 2.49. The number of fused-ring (bicyclic) bond motifs is 1. The minimum absolute atomic E-state index is 0.0107. The Balaban J connectivity index is 2.26. The normalized spacial score (nSPS) is 10.5. The number of carboxylic acids is 1. The third kappa shape index (κ3) is 2.81. The summed E-state index contributed by atoms with van der Waals surface area (Å²) in [6.45, 7) is 1.95. The number of hydrogen-bond acceptors (Lipinski definition) is 2. The maximum atomic E-state index is 11.5. The molecule has 0 aliphatic heterocycles. The number of aromatic carboxylic acids is 1. The van der Waals surface area contributed by atoms with Gasteiger partial charge in [0.2, 0.25) is 0 Å². The summed E-state index contributed by atoms with van der Waals surface area (Å²) in [6, 6.07) is 7.24. The van der Waals surface area contributed by atoms with Gasteiger partial charge in [0.1, 0.15) is 0 Å². The molecule has 0 spiro atoms. The summed E-state index contributed by atoms with van der Waals surface area (Å²) in [4.78, 5) is 22.4. The second-order valence-corrected chi connectivity index (χ2v) is 6.24. The molecular formula is C13H13NO3Se. The SMILES string of the molecule is CCCC(=O)Nc1ccc2[se]c(C(=O)O)cc2c1. The fourth-order valence-corrected chi connectivity index (χ4v) is 3.53. The first-order chi connectivity index (χ1) is 8.60. The Morgan fingerprint density at radius 3 is 2.78 bits per heavy atom. The first-order valence-electron chi connectivity index (χ1n) is 5.67. The van der Waals surface area contributed by atoms with Gasteiger partial charge in [0.25, 0.3) is 0 Å². The predicted molar refractivity (Wildman–Crippen MR) is 71.4 cm³/mol. The fraction of sp³-hybridized carbons (Fsp3) is 0.231. The van der Waals surface area contributed by atoms with E-state index < -0.39 is 5.97 Å². The number of carbonyl (C=O) groups is 2. The number of benzene rings is 1. The van der Waals surface area contributed by atoms with Crippen LogP contribution in [-0.4, -0.2) is 31.5 Å². The molecule has 18 heavy (non-hydrogen) atoms. The monoisotopic (exact) mass is 311 g/mol. The molecule has 5 heteroatoms. The van der Waals surface area contributed by atoms with Crippen LogP contribution >= 0.6 is 0 Å². The van der Waals surface area contributed by atoms with E-state index >= 15 is 0 Å². The average molecular weight is 310 g/mol. The molecule has 0 radical (unpaired) electrons. The van der Waals surface area contributed by atoms with E-state index in [2.05, 4.69) is 5.32 Å². The number of anilines is 1. The molecule has 1 amide bonds. The Kier molecular flexibility index (Phi) is 3.84. The number of amides is 1. The maximum absolute atomic E-state index is 11.5. The van der Waals surface area contributed by atoms with E-state index in [4.69, 9.17) is 5.11 Å². The van der Waals surface area contributed by atoms with Crippen molar-refractivity contribution in [2.45, 2.75) is 19.8 Å². The molecule has 2 aromatic rings. The zero-order valence-corrected chi connectivity index (χ0v) is 11.6. The molecule has 2 rings (SSSR count). The Morgan fingerprint density at radius 2 is 2.11 bits per heavy atom. The van der Waals surface area contributed by atoms with Gasteiger partial charge < -0.3 is 0 Å². The summed E-state index contributed by atoms with van der Waals surface area (Å²) in [7, 11) is 0. The van der Waals surface area contributed by atoms with Crippen LogP contribution < -0.4 is 5.32 Å². The summed E-state index contributed by atoms with van der Waals surface area (Å²) >= 11 is -0.132. The van der Waals surface area contributed by atoms with Gasteiger partial charge in [-0.3, -0.25) is 0 Å². The van der Waals surface area contributed by atoms with Crippen molar-refractivity contribution in [2.24, 2.45) is 0 Å². The molecule has 0 aliphatic rings. The number of carboxylic acid groups (broad SMARTS) is 1. The topological polar surface area (TPSA) is 66.4 Å². The van der Waals surface area contributed by atoms with E-state index in [1.54, 1.807) is 6.07 Å². The molecule has 0 atom stereocenters. The molecule has 0 fully saturated rings. The van der Waals surface area contributed by atoms with Gasteiger partial charge in [0, 0.05) is 0 Å². The van der Waals surface area contributed by atoms with Crippen LogP contribution in [0, 0.1) is 0 Å². The van der Waals surface area contributed by atoms with Gasteiger partial charge in [0.15, 0.2) is 0 Å². The molecule has 0 bridgehead atoms. The molecule has 94 valence electrons. The van der Waals surface area contributed by atoms with Gasteiger partial charge in [-0.1, -0.05) is 0 Å². The number of carbonyl (C=O) groups excluding carboxylic acids is 1. The van der Waals surface area contributed by atoms with Crippen molar-refractivity contribution >= 4 is 41.7 Å². The molecule has 0 unspecified atom stereocenters. The molecular weight excluding hydrogens is 297 g/mol. The van der Waals surface area contributed by atoms with Crippen LogP contribution in [0.15, 0.2) is 24.3 Å². The van der Waals surface area contributed by atoms with E-state index in [1.807, 2.05) is 25.1 Å². The van der Waals surface area contributed by atoms with Gasteiger partial charge in [-0.25, -0.2) is 0 Å². The van der Waals surface area contributed by atoms with Crippen molar-refractivity contribution in [1.29, 1.82) is 0 Å². The number of hydrogen-bond donors (Lipinski definition) is 2. The van der Waals surface area contributed by atoms with Crippen LogP contribution in [0.4, 0.5) is 5.69 Å². The molecule has 0 aliphatic carbocycles. The first kappa shape index (κ1) is 12.9. The van der Waals surface area contributed by atoms with E-state index in [1.165, 1.54) is 0 Å². The fourth-order valence-electron chi connectivity index (χ4n) is 1.68. The van der Waals surface area contributed by atoms with Crippen LogP contribution in [0.25, 0.3) is 9.65 Å². The Labute approximate surface area is 110 Å². The van der Waals surface area contributed by atoms with Gasteiger partial charge in [-0.15, -0.1) is 0 Å².